The van der Waals surface area contributed by atoms with Gasteiger partial charge in [-0.25, -0.2) is 13.1 Å². The molecule has 0 bridgehead atoms. The first-order chi connectivity index (χ1) is 8.44. The van der Waals surface area contributed by atoms with Crippen molar-refractivity contribution in [2.75, 3.05) is 12.3 Å². The van der Waals surface area contributed by atoms with Crippen molar-refractivity contribution >= 4 is 26.0 Å². The second-order valence-electron chi connectivity index (χ2n) is 4.09. The molecule has 18 heavy (non-hydrogen) atoms. The first kappa shape index (κ1) is 15.6. The highest BCUT2D eigenvalue weighted by atomic mass is 79.9. The molecular weight excluding hydrogens is 318 g/mol. The smallest absolute Gasteiger partial charge is 0.211 e. The maximum Gasteiger partial charge on any atom is 0.211 e. The molecule has 0 spiro atoms. The lowest BCUT2D eigenvalue weighted by Crippen LogP contribution is -2.30. The van der Waals surface area contributed by atoms with Crippen LogP contribution in [0, 0.1) is 0 Å². The molecule has 1 atom stereocenters. The van der Waals surface area contributed by atoms with Crippen molar-refractivity contribution < 1.29 is 13.5 Å². The van der Waals surface area contributed by atoms with Crippen molar-refractivity contribution in [3.8, 4) is 0 Å². The van der Waals surface area contributed by atoms with Gasteiger partial charge >= 0.3 is 0 Å². The molecular formula is C12H18BrNO3S. The lowest BCUT2D eigenvalue weighted by Gasteiger charge is -2.12. The molecule has 0 aliphatic carbocycles. The summed E-state index contributed by atoms with van der Waals surface area (Å²) in [6, 6.07) is 7.18. The number of aliphatic hydroxyl groups is 1. The second-order valence-corrected chi connectivity index (χ2v) is 6.93. The SMILES string of the molecule is CCCCS(=O)(=O)NC[C@H](O)c1cccc(Br)c1. The lowest BCUT2D eigenvalue weighted by molar-refractivity contribution is 0.182. The van der Waals surface area contributed by atoms with E-state index < -0.39 is 16.1 Å². The second kappa shape index (κ2) is 7.23. The Bertz CT molecular complexity index is 476. The Morgan fingerprint density at radius 3 is 2.78 bits per heavy atom. The molecule has 1 rings (SSSR count). The van der Waals surface area contributed by atoms with Gasteiger partial charge in [0, 0.05) is 11.0 Å². The van der Waals surface area contributed by atoms with Crippen LogP contribution >= 0.6 is 15.9 Å². The van der Waals surface area contributed by atoms with Crippen LogP contribution in [-0.4, -0.2) is 25.8 Å². The van der Waals surface area contributed by atoms with Crippen molar-refractivity contribution in [1.82, 2.24) is 4.72 Å². The van der Waals surface area contributed by atoms with Crippen LogP contribution in [-0.2, 0) is 10.0 Å². The predicted octanol–water partition coefficient (Wildman–Crippen LogP) is 2.20. The quantitative estimate of drug-likeness (QED) is 0.802. The number of hydrogen-bond donors (Lipinski definition) is 2. The van der Waals surface area contributed by atoms with Gasteiger partial charge in [0.05, 0.1) is 11.9 Å². The third-order valence-electron chi connectivity index (χ3n) is 2.50. The highest BCUT2D eigenvalue weighted by Gasteiger charge is 2.13. The van der Waals surface area contributed by atoms with Crippen LogP contribution in [0.4, 0.5) is 0 Å². The minimum Gasteiger partial charge on any atom is -0.387 e. The zero-order chi connectivity index (χ0) is 13.6. The van der Waals surface area contributed by atoms with Gasteiger partial charge in [-0.15, -0.1) is 0 Å². The number of nitrogens with one attached hydrogen (secondary N) is 1. The third-order valence-corrected chi connectivity index (χ3v) is 4.42. The van der Waals surface area contributed by atoms with E-state index in [-0.39, 0.29) is 12.3 Å². The Labute approximate surface area is 117 Å². The van der Waals surface area contributed by atoms with E-state index in [4.69, 9.17) is 0 Å². The number of benzene rings is 1. The normalized spacial score (nSPS) is 13.5. The standard InChI is InChI=1S/C12H18BrNO3S/c1-2-3-7-18(16,17)14-9-12(15)10-5-4-6-11(13)8-10/h4-6,8,12,14-15H,2-3,7,9H2,1H3/t12-/m0/s1. The average molecular weight is 336 g/mol. The van der Waals surface area contributed by atoms with Crippen LogP contribution < -0.4 is 4.72 Å². The van der Waals surface area contributed by atoms with Gasteiger partial charge in [-0.1, -0.05) is 41.4 Å². The minimum absolute atomic E-state index is 0.00248. The molecule has 0 aromatic heterocycles. The van der Waals surface area contributed by atoms with Gasteiger partial charge in [0.25, 0.3) is 0 Å². The van der Waals surface area contributed by atoms with Crippen LogP contribution in [0.5, 0.6) is 0 Å². The largest absolute Gasteiger partial charge is 0.387 e. The Kier molecular flexibility index (Phi) is 6.28. The Balaban J connectivity index is 2.53. The molecule has 0 aliphatic heterocycles. The van der Waals surface area contributed by atoms with E-state index in [0.717, 1.165) is 10.9 Å². The number of sulfonamides is 1. The van der Waals surface area contributed by atoms with E-state index in [1.165, 1.54) is 0 Å². The summed E-state index contributed by atoms with van der Waals surface area (Å²) in [6.07, 6.45) is 0.621. The van der Waals surface area contributed by atoms with Gasteiger partial charge in [0.15, 0.2) is 0 Å². The van der Waals surface area contributed by atoms with Gasteiger partial charge < -0.3 is 5.11 Å². The fourth-order valence-corrected chi connectivity index (χ4v) is 3.09. The fraction of sp³-hybridized carbons (Fsp3) is 0.500. The first-order valence-corrected chi connectivity index (χ1v) is 8.30. The van der Waals surface area contributed by atoms with Crippen LogP contribution in [0.1, 0.15) is 31.4 Å². The molecule has 0 unspecified atom stereocenters. The van der Waals surface area contributed by atoms with Gasteiger partial charge in [-0.2, -0.15) is 0 Å². The molecule has 0 aliphatic rings. The monoisotopic (exact) mass is 335 g/mol. The summed E-state index contributed by atoms with van der Waals surface area (Å²) in [5.41, 5.74) is 0.683. The highest BCUT2D eigenvalue weighted by Crippen LogP contribution is 2.17. The Morgan fingerprint density at radius 1 is 1.44 bits per heavy atom. The molecule has 6 heteroatoms. The van der Waals surface area contributed by atoms with E-state index in [2.05, 4.69) is 20.7 Å². The number of hydrogen-bond acceptors (Lipinski definition) is 3. The Morgan fingerprint density at radius 2 is 2.17 bits per heavy atom. The zero-order valence-electron chi connectivity index (χ0n) is 10.3. The molecule has 102 valence electrons. The number of rotatable bonds is 7. The number of unbranched alkanes of at least 4 members (excludes halogenated alkanes) is 1. The zero-order valence-corrected chi connectivity index (χ0v) is 12.7. The predicted molar refractivity (Wildman–Crippen MR) is 75.8 cm³/mol. The van der Waals surface area contributed by atoms with E-state index in [9.17, 15) is 13.5 Å². The van der Waals surface area contributed by atoms with E-state index in [1.807, 2.05) is 13.0 Å². The summed E-state index contributed by atoms with van der Waals surface area (Å²) in [5, 5.41) is 9.89. The fourth-order valence-electron chi connectivity index (χ4n) is 1.44. The van der Waals surface area contributed by atoms with Gasteiger partial charge in [-0.05, 0) is 24.1 Å². The van der Waals surface area contributed by atoms with Crippen molar-refractivity contribution in [1.29, 1.82) is 0 Å². The number of halogens is 1. The third kappa shape index (κ3) is 5.48. The molecule has 0 radical (unpaired) electrons. The van der Waals surface area contributed by atoms with Crippen molar-refractivity contribution in [2.24, 2.45) is 0 Å². The number of aliphatic hydroxyl groups excluding tert-OH is 1. The van der Waals surface area contributed by atoms with Crippen molar-refractivity contribution in [3.63, 3.8) is 0 Å². The molecule has 0 saturated carbocycles. The molecule has 0 heterocycles. The summed E-state index contributed by atoms with van der Waals surface area (Å²) in [4.78, 5) is 0. The van der Waals surface area contributed by atoms with Gasteiger partial charge in [0.1, 0.15) is 0 Å². The van der Waals surface area contributed by atoms with Crippen molar-refractivity contribution in [3.05, 3.63) is 34.3 Å². The van der Waals surface area contributed by atoms with Crippen LogP contribution in [0.25, 0.3) is 0 Å². The molecule has 1 aromatic rings. The molecule has 0 saturated heterocycles. The van der Waals surface area contributed by atoms with E-state index in [1.54, 1.807) is 18.2 Å². The summed E-state index contributed by atoms with van der Waals surface area (Å²) in [7, 11) is -3.28. The van der Waals surface area contributed by atoms with Crippen molar-refractivity contribution in [2.45, 2.75) is 25.9 Å². The van der Waals surface area contributed by atoms with E-state index >= 15 is 0 Å². The summed E-state index contributed by atoms with van der Waals surface area (Å²) >= 11 is 3.31. The topological polar surface area (TPSA) is 66.4 Å². The van der Waals surface area contributed by atoms with E-state index in [0.29, 0.717) is 12.0 Å². The molecule has 4 nitrogen and oxygen atoms in total. The lowest BCUT2D eigenvalue weighted by atomic mass is 10.1. The maximum absolute atomic E-state index is 11.6. The average Bonchev–Trinajstić information content (AvgIpc) is 2.34. The first-order valence-electron chi connectivity index (χ1n) is 5.85. The summed E-state index contributed by atoms with van der Waals surface area (Å²) in [6.45, 7) is 1.94. The molecule has 0 amide bonds. The van der Waals surface area contributed by atoms with Crippen LogP contribution in [0.3, 0.4) is 0 Å². The highest BCUT2D eigenvalue weighted by molar-refractivity contribution is 9.10. The van der Waals surface area contributed by atoms with Gasteiger partial charge in [-0.3, -0.25) is 0 Å². The minimum atomic E-state index is -3.28. The maximum atomic E-state index is 11.6. The van der Waals surface area contributed by atoms with Crippen LogP contribution in [0.15, 0.2) is 28.7 Å². The van der Waals surface area contributed by atoms with Crippen LogP contribution in [0.2, 0.25) is 0 Å². The van der Waals surface area contributed by atoms with Gasteiger partial charge in [0.2, 0.25) is 10.0 Å². The Hall–Kier alpha value is -0.430. The molecule has 0 fully saturated rings. The summed E-state index contributed by atoms with van der Waals surface area (Å²) in [5.74, 6) is 0.106. The molecule has 2 N–H and O–H groups in total. The summed E-state index contributed by atoms with van der Waals surface area (Å²) < 4.78 is 26.4. The molecule has 1 aromatic carbocycles.